The quantitative estimate of drug-likeness (QED) is 0.160. The summed E-state index contributed by atoms with van der Waals surface area (Å²) in [5.74, 6) is 1.85. The van der Waals surface area contributed by atoms with Crippen molar-refractivity contribution in [2.24, 2.45) is 0 Å². The van der Waals surface area contributed by atoms with E-state index in [1.54, 1.807) is 0 Å². The third-order valence-corrected chi connectivity index (χ3v) is 16.2. The monoisotopic (exact) mass is 947 g/mol. The number of fused-ring (bicyclic) bond motifs is 7. The van der Waals surface area contributed by atoms with Crippen LogP contribution in [0.1, 0.15) is 116 Å². The smallest absolute Gasteiger partial charge is 0.256 e. The Labute approximate surface area is 427 Å². The van der Waals surface area contributed by atoms with Gasteiger partial charge in [0.1, 0.15) is 11.5 Å². The lowest BCUT2D eigenvalue weighted by Gasteiger charge is -2.41. The summed E-state index contributed by atoms with van der Waals surface area (Å²) in [6.07, 6.45) is 0. The van der Waals surface area contributed by atoms with Gasteiger partial charge in [0.25, 0.3) is 6.71 Å². The Morgan fingerprint density at radius 1 is 0.465 bits per heavy atom. The highest BCUT2D eigenvalue weighted by atomic mass is 32.1. The molecule has 71 heavy (non-hydrogen) atoms. The molecule has 5 heteroatoms. The number of hydrogen-bond donors (Lipinski definition) is 0. The van der Waals surface area contributed by atoms with Crippen molar-refractivity contribution in [2.45, 2.75) is 119 Å². The summed E-state index contributed by atoms with van der Waals surface area (Å²) in [5, 5.41) is 2.49. The van der Waals surface area contributed by atoms with Gasteiger partial charge in [0, 0.05) is 38.2 Å². The van der Waals surface area contributed by atoms with Crippen LogP contribution in [0.2, 0.25) is 0 Å². The van der Waals surface area contributed by atoms with E-state index in [1.807, 2.05) is 11.3 Å². The van der Waals surface area contributed by atoms with Crippen LogP contribution in [0.15, 0.2) is 152 Å². The van der Waals surface area contributed by atoms with E-state index in [2.05, 4.69) is 258 Å². The summed E-state index contributed by atoms with van der Waals surface area (Å²) in [7, 11) is 0. The molecule has 0 fully saturated rings. The van der Waals surface area contributed by atoms with Gasteiger partial charge in [-0.1, -0.05) is 179 Å². The number of ether oxygens (including phenoxy) is 1. The number of aryl methyl sites for hydroxylation is 2. The summed E-state index contributed by atoms with van der Waals surface area (Å²) in [4.78, 5) is 5.08. The molecular weight excluding hydrogens is 880 g/mol. The maximum Gasteiger partial charge on any atom is 0.256 e. The van der Waals surface area contributed by atoms with Crippen molar-refractivity contribution in [3.63, 3.8) is 0 Å². The van der Waals surface area contributed by atoms with E-state index in [1.165, 1.54) is 81.2 Å². The molecule has 0 atom stereocenters. The van der Waals surface area contributed by atoms with Gasteiger partial charge in [-0.3, -0.25) is 0 Å². The summed E-state index contributed by atoms with van der Waals surface area (Å²) < 4.78 is 9.74. The van der Waals surface area contributed by atoms with Gasteiger partial charge in [-0.2, -0.15) is 0 Å². The molecule has 0 amide bonds. The van der Waals surface area contributed by atoms with Gasteiger partial charge in [0.2, 0.25) is 0 Å². The standard InChI is InChI=1S/C66H67BN2OS/c1-40-33-41(2)35-42(34-40)43-36-56-61-58(37-43)70-57-32-24-47(66(12,13)14)39-52(57)67(61)51-38-46(65(9,10)11)23-29-53(51)69(56)54-30-31-55(62-60(54)50-17-15-16-18-59(50)71-62)68(48-25-19-44(20-26-48)63(3,4)5)49-27-21-45(22-28-49)64(6,7)8/h15-39H,1-14H3. The fourth-order valence-corrected chi connectivity index (χ4v) is 12.3. The summed E-state index contributed by atoms with van der Waals surface area (Å²) >= 11 is 1.89. The summed E-state index contributed by atoms with van der Waals surface area (Å²) in [6, 6.07) is 58.2. The van der Waals surface area contributed by atoms with Crippen molar-refractivity contribution in [2.75, 3.05) is 9.80 Å². The van der Waals surface area contributed by atoms with Crippen molar-refractivity contribution >= 4 is 88.7 Å². The molecule has 1 aromatic heterocycles. The van der Waals surface area contributed by atoms with E-state index in [4.69, 9.17) is 4.74 Å². The van der Waals surface area contributed by atoms with Crippen molar-refractivity contribution in [3.05, 3.63) is 185 Å². The largest absolute Gasteiger partial charge is 0.458 e. The molecule has 2 aliphatic heterocycles. The second-order valence-electron chi connectivity index (χ2n) is 24.5. The van der Waals surface area contributed by atoms with Gasteiger partial charge >= 0.3 is 0 Å². The third-order valence-electron chi connectivity index (χ3n) is 15.0. The highest BCUT2D eigenvalue weighted by Crippen LogP contribution is 2.53. The number of hydrogen-bond acceptors (Lipinski definition) is 4. The Balaban J connectivity index is 1.22. The zero-order chi connectivity index (χ0) is 50.1. The van der Waals surface area contributed by atoms with E-state index < -0.39 is 0 Å². The first-order valence-corrected chi connectivity index (χ1v) is 26.3. The number of thiophene rings is 1. The highest BCUT2D eigenvalue weighted by molar-refractivity contribution is 7.26. The molecule has 0 unspecified atom stereocenters. The Hall–Kier alpha value is -6.56. The minimum atomic E-state index is -0.0603. The number of nitrogens with zero attached hydrogens (tertiary/aromatic N) is 2. The van der Waals surface area contributed by atoms with Crippen LogP contribution in [0.3, 0.4) is 0 Å². The van der Waals surface area contributed by atoms with Crippen LogP contribution in [-0.2, 0) is 21.7 Å². The molecule has 8 aromatic carbocycles. The first kappa shape index (κ1) is 46.8. The lowest BCUT2D eigenvalue weighted by atomic mass is 9.33. The van der Waals surface area contributed by atoms with Gasteiger partial charge in [-0.05, 0) is 152 Å². The second-order valence-corrected chi connectivity index (χ2v) is 25.6. The lowest BCUT2D eigenvalue weighted by Crippen LogP contribution is -2.60. The molecule has 0 aliphatic carbocycles. The molecule has 9 aromatic rings. The minimum Gasteiger partial charge on any atom is -0.458 e. The SMILES string of the molecule is Cc1cc(C)cc(-c2cc3c4c(c2)N(c2ccc(N(c5ccc(C(C)(C)C)cc5)c5ccc(C(C)(C)C)cc5)c5sc6ccccc6c25)c2ccc(C(C)(C)C)cc2B4c2cc(C(C)(C)C)ccc2O3)c1. The first-order chi connectivity index (χ1) is 33.5. The predicted molar refractivity (Wildman–Crippen MR) is 310 cm³/mol. The first-order valence-electron chi connectivity index (χ1n) is 25.5. The Bertz CT molecular complexity index is 3490. The molecular formula is C66H67BN2OS. The van der Waals surface area contributed by atoms with Crippen LogP contribution >= 0.6 is 11.3 Å². The maximum absolute atomic E-state index is 7.23. The zero-order valence-electron chi connectivity index (χ0n) is 44.2. The summed E-state index contributed by atoms with van der Waals surface area (Å²) in [5.41, 5.74) is 20.7. The van der Waals surface area contributed by atoms with Crippen molar-refractivity contribution in [1.82, 2.24) is 0 Å². The van der Waals surface area contributed by atoms with E-state index in [-0.39, 0.29) is 28.4 Å². The number of rotatable bonds is 5. The summed E-state index contributed by atoms with van der Waals surface area (Å²) in [6.45, 7) is 32.0. The molecule has 0 N–H and O–H groups in total. The van der Waals surface area contributed by atoms with Crippen LogP contribution in [0.4, 0.5) is 34.1 Å². The van der Waals surface area contributed by atoms with Crippen LogP contribution in [0.5, 0.6) is 11.5 Å². The van der Waals surface area contributed by atoms with Crippen LogP contribution in [0.25, 0.3) is 31.3 Å². The normalized spacial score (nSPS) is 13.5. The third kappa shape index (κ3) is 8.15. The van der Waals surface area contributed by atoms with Crippen molar-refractivity contribution in [1.29, 1.82) is 0 Å². The van der Waals surface area contributed by atoms with Gasteiger partial charge in [0.15, 0.2) is 0 Å². The van der Waals surface area contributed by atoms with Gasteiger partial charge < -0.3 is 14.5 Å². The van der Waals surface area contributed by atoms with Gasteiger partial charge in [-0.25, -0.2) is 0 Å². The fraction of sp³-hybridized carbons (Fsp3) is 0.273. The molecule has 0 bridgehead atoms. The number of anilines is 6. The Kier molecular flexibility index (Phi) is 10.9. The van der Waals surface area contributed by atoms with Gasteiger partial charge in [0.05, 0.1) is 16.1 Å². The van der Waals surface area contributed by atoms with E-state index in [0.717, 1.165) is 45.5 Å². The van der Waals surface area contributed by atoms with Crippen LogP contribution in [-0.4, -0.2) is 6.71 Å². The van der Waals surface area contributed by atoms with Crippen molar-refractivity contribution in [3.8, 4) is 22.6 Å². The molecule has 0 saturated carbocycles. The van der Waals surface area contributed by atoms with Gasteiger partial charge in [-0.15, -0.1) is 11.3 Å². The Morgan fingerprint density at radius 3 is 1.58 bits per heavy atom. The average Bonchev–Trinajstić information content (AvgIpc) is 3.70. The average molecular weight is 947 g/mol. The van der Waals surface area contributed by atoms with E-state index >= 15 is 0 Å². The van der Waals surface area contributed by atoms with Crippen molar-refractivity contribution < 1.29 is 4.74 Å². The molecule has 0 spiro atoms. The number of benzene rings is 8. The molecule has 3 nitrogen and oxygen atoms in total. The van der Waals surface area contributed by atoms with Crippen LogP contribution < -0.4 is 30.9 Å². The fourth-order valence-electron chi connectivity index (χ4n) is 11.1. The molecule has 3 heterocycles. The molecule has 0 saturated heterocycles. The lowest BCUT2D eigenvalue weighted by molar-refractivity contribution is 0.486. The highest BCUT2D eigenvalue weighted by Gasteiger charge is 2.44. The molecule has 2 aliphatic rings. The molecule has 11 rings (SSSR count). The minimum absolute atomic E-state index is 0.0339. The molecule has 0 radical (unpaired) electrons. The maximum atomic E-state index is 7.23. The topological polar surface area (TPSA) is 15.7 Å². The van der Waals surface area contributed by atoms with E-state index in [9.17, 15) is 0 Å². The Morgan fingerprint density at radius 2 is 0.986 bits per heavy atom. The second kappa shape index (κ2) is 16.5. The predicted octanol–water partition coefficient (Wildman–Crippen LogP) is 17.4. The zero-order valence-corrected chi connectivity index (χ0v) is 45.0. The van der Waals surface area contributed by atoms with E-state index in [0.29, 0.717) is 0 Å². The van der Waals surface area contributed by atoms with Crippen LogP contribution in [0, 0.1) is 13.8 Å². The molecule has 356 valence electrons.